The van der Waals surface area contributed by atoms with E-state index in [9.17, 15) is 52.8 Å². The zero-order chi connectivity index (χ0) is 26.8. The number of hydrogen-bond acceptors (Lipinski definition) is 8. The quantitative estimate of drug-likeness (QED) is 0.134. The molecule has 1 heterocycles. The SMILES string of the molecule is C=C(C)C(=O)OCCCOC(=O)C1CCN(S(=O)(=O)C(F)(F)C(F)(F)C(F)(F)S(=O)(=O)O)CC1. The minimum atomic E-state index is -7.12. The topological polar surface area (TPSA) is 144 Å². The van der Waals surface area contributed by atoms with E-state index in [4.69, 9.17) is 14.0 Å². The van der Waals surface area contributed by atoms with Gasteiger partial charge in [-0.3, -0.25) is 9.35 Å². The molecule has 0 saturated carbocycles. The second-order valence-electron chi connectivity index (χ2n) is 7.20. The molecule has 1 aliphatic heterocycles. The maximum absolute atomic E-state index is 14.0. The molecule has 0 aromatic rings. The fourth-order valence-electron chi connectivity index (χ4n) is 2.62. The highest BCUT2D eigenvalue weighted by Crippen LogP contribution is 2.51. The summed E-state index contributed by atoms with van der Waals surface area (Å²) in [6, 6.07) is 0. The summed E-state index contributed by atoms with van der Waals surface area (Å²) in [5.74, 6) is -9.64. The van der Waals surface area contributed by atoms with E-state index in [0.717, 1.165) is 0 Å². The largest absolute Gasteiger partial charge is 0.465 e. The number of carbonyl (C=O) groups is 2. The lowest BCUT2D eigenvalue weighted by Gasteiger charge is -2.36. The van der Waals surface area contributed by atoms with Gasteiger partial charge in [0.05, 0.1) is 19.1 Å². The molecule has 0 amide bonds. The third kappa shape index (κ3) is 5.83. The van der Waals surface area contributed by atoms with E-state index in [2.05, 4.69) is 6.58 Å². The molecule has 34 heavy (non-hydrogen) atoms. The molecule has 1 rings (SSSR count). The van der Waals surface area contributed by atoms with Gasteiger partial charge in [-0.1, -0.05) is 6.58 Å². The van der Waals surface area contributed by atoms with Crippen molar-refractivity contribution in [3.05, 3.63) is 12.2 Å². The molecule has 0 aliphatic carbocycles. The molecule has 0 unspecified atom stereocenters. The van der Waals surface area contributed by atoms with Crippen molar-refractivity contribution in [2.24, 2.45) is 5.92 Å². The Kier molecular flexibility index (Phi) is 9.18. The Morgan fingerprint density at radius 1 is 0.971 bits per heavy atom. The van der Waals surface area contributed by atoms with Crippen molar-refractivity contribution in [3.63, 3.8) is 0 Å². The Labute approximate surface area is 190 Å². The summed E-state index contributed by atoms with van der Waals surface area (Å²) >= 11 is 0. The Morgan fingerprint density at radius 2 is 1.44 bits per heavy atom. The summed E-state index contributed by atoms with van der Waals surface area (Å²) in [5.41, 5.74) is 0.142. The second-order valence-corrected chi connectivity index (χ2v) is 10.6. The molecule has 10 nitrogen and oxygen atoms in total. The first kappa shape index (κ1) is 30.1. The number of rotatable bonds is 11. The van der Waals surface area contributed by atoms with Crippen molar-refractivity contribution < 1.29 is 66.8 Å². The predicted octanol–water partition coefficient (Wildman–Crippen LogP) is 1.79. The maximum atomic E-state index is 14.0. The number of ether oxygens (including phenoxy) is 2. The van der Waals surface area contributed by atoms with Crippen LogP contribution in [0.1, 0.15) is 26.2 Å². The van der Waals surface area contributed by atoms with Crippen LogP contribution in [0.5, 0.6) is 0 Å². The van der Waals surface area contributed by atoms with Crippen molar-refractivity contribution in [3.8, 4) is 0 Å². The minimum Gasteiger partial charge on any atom is -0.465 e. The van der Waals surface area contributed by atoms with Crippen LogP contribution in [0.15, 0.2) is 12.2 Å². The van der Waals surface area contributed by atoms with E-state index in [1.165, 1.54) is 6.92 Å². The molecule has 0 radical (unpaired) electrons. The molecule has 0 aromatic heterocycles. The van der Waals surface area contributed by atoms with Gasteiger partial charge in [-0.15, -0.1) is 0 Å². The summed E-state index contributed by atoms with van der Waals surface area (Å²) in [4.78, 5) is 23.2. The summed E-state index contributed by atoms with van der Waals surface area (Å²) in [7, 11) is -13.7. The van der Waals surface area contributed by atoms with Crippen LogP contribution in [0.25, 0.3) is 0 Å². The van der Waals surface area contributed by atoms with Gasteiger partial charge in [-0.05, 0) is 19.8 Å². The van der Waals surface area contributed by atoms with Gasteiger partial charge >= 0.3 is 38.5 Å². The zero-order valence-electron chi connectivity index (χ0n) is 17.5. The first-order chi connectivity index (χ1) is 15.2. The highest BCUT2D eigenvalue weighted by atomic mass is 32.2. The van der Waals surface area contributed by atoms with Gasteiger partial charge in [0, 0.05) is 25.1 Å². The minimum absolute atomic E-state index is 0.0846. The Balaban J connectivity index is 2.76. The normalized spacial score (nSPS) is 17.3. The summed E-state index contributed by atoms with van der Waals surface area (Å²) in [6.45, 7) is 2.47. The Morgan fingerprint density at radius 3 is 1.88 bits per heavy atom. The molecule has 0 spiro atoms. The lowest BCUT2D eigenvalue weighted by Crippen LogP contribution is -2.63. The maximum Gasteiger partial charge on any atom is 0.439 e. The third-order valence-electron chi connectivity index (χ3n) is 4.62. The van der Waals surface area contributed by atoms with E-state index in [0.29, 0.717) is 0 Å². The van der Waals surface area contributed by atoms with Crippen LogP contribution in [0.2, 0.25) is 0 Å². The molecular weight excluding hydrogens is 528 g/mol. The molecule has 1 saturated heterocycles. The van der Waals surface area contributed by atoms with Gasteiger partial charge in [0.2, 0.25) is 0 Å². The number of nitrogens with zero attached hydrogens (tertiary/aromatic N) is 1. The number of piperidine rings is 1. The first-order valence-corrected chi connectivity index (χ1v) is 12.2. The van der Waals surface area contributed by atoms with Crippen LogP contribution < -0.4 is 0 Å². The average Bonchev–Trinajstić information content (AvgIpc) is 2.71. The molecule has 18 heteroatoms. The Hall–Kier alpha value is -1.92. The summed E-state index contributed by atoms with van der Waals surface area (Å²) in [5, 5.41) is -13.5. The van der Waals surface area contributed by atoms with Gasteiger partial charge in [0.25, 0.3) is 10.0 Å². The van der Waals surface area contributed by atoms with Crippen molar-refractivity contribution >= 4 is 32.1 Å². The lowest BCUT2D eigenvalue weighted by molar-refractivity contribution is -0.247. The number of alkyl halides is 6. The second kappa shape index (κ2) is 10.4. The first-order valence-electron chi connectivity index (χ1n) is 9.31. The van der Waals surface area contributed by atoms with Crippen molar-refractivity contribution in [2.45, 2.75) is 42.6 Å². The number of sulfonamides is 1. The summed E-state index contributed by atoms with van der Waals surface area (Å²) in [6.07, 6.45) is -0.917. The monoisotopic (exact) mass is 549 g/mol. The standard InChI is InChI=1S/C16H21F6NO9S2/c1-10(2)12(24)31-8-3-9-32-13(25)11-4-6-23(7-5-11)33(26,27)15(19,20)14(17,18)16(21,22)34(28,29)30/h11H,1,3-9H2,2H3,(H,28,29,30). The van der Waals surface area contributed by atoms with Crippen LogP contribution in [-0.2, 0) is 39.2 Å². The van der Waals surface area contributed by atoms with E-state index >= 15 is 0 Å². The zero-order valence-corrected chi connectivity index (χ0v) is 19.1. The number of halogens is 6. The van der Waals surface area contributed by atoms with E-state index in [1.807, 2.05) is 0 Å². The van der Waals surface area contributed by atoms with Gasteiger partial charge in [0.1, 0.15) is 0 Å². The smallest absolute Gasteiger partial charge is 0.439 e. The number of hydrogen-bond donors (Lipinski definition) is 1. The average molecular weight is 549 g/mol. The van der Waals surface area contributed by atoms with Crippen molar-refractivity contribution in [1.29, 1.82) is 0 Å². The highest BCUT2D eigenvalue weighted by molar-refractivity contribution is 7.90. The Bertz CT molecular complexity index is 1010. The molecule has 1 fully saturated rings. The van der Waals surface area contributed by atoms with E-state index in [-0.39, 0.29) is 29.5 Å². The fourth-order valence-corrected chi connectivity index (χ4v) is 4.61. The van der Waals surface area contributed by atoms with Crippen LogP contribution in [0.3, 0.4) is 0 Å². The van der Waals surface area contributed by atoms with Crippen LogP contribution >= 0.6 is 0 Å². The van der Waals surface area contributed by atoms with Gasteiger partial charge in [0.15, 0.2) is 0 Å². The number of carbonyl (C=O) groups excluding carboxylic acids is 2. The molecule has 1 N–H and O–H groups in total. The van der Waals surface area contributed by atoms with Crippen LogP contribution in [0, 0.1) is 5.92 Å². The van der Waals surface area contributed by atoms with Crippen molar-refractivity contribution in [1.82, 2.24) is 4.31 Å². The third-order valence-corrected chi connectivity index (χ3v) is 7.47. The molecular formula is C16H21F6NO9S2. The number of esters is 2. The van der Waals surface area contributed by atoms with E-state index in [1.54, 1.807) is 0 Å². The van der Waals surface area contributed by atoms with Gasteiger partial charge < -0.3 is 9.47 Å². The molecule has 0 bridgehead atoms. The predicted molar refractivity (Wildman–Crippen MR) is 101 cm³/mol. The molecule has 0 atom stereocenters. The molecule has 198 valence electrons. The highest BCUT2D eigenvalue weighted by Gasteiger charge is 2.82. The lowest BCUT2D eigenvalue weighted by atomic mass is 9.98. The van der Waals surface area contributed by atoms with E-state index < -0.39 is 80.4 Å². The van der Waals surface area contributed by atoms with Gasteiger partial charge in [-0.2, -0.15) is 39.1 Å². The molecule has 1 aliphatic rings. The molecule has 0 aromatic carbocycles. The fraction of sp³-hybridized carbons (Fsp3) is 0.750. The van der Waals surface area contributed by atoms with Crippen molar-refractivity contribution in [2.75, 3.05) is 26.3 Å². The van der Waals surface area contributed by atoms with Gasteiger partial charge in [-0.25, -0.2) is 13.2 Å². The van der Waals surface area contributed by atoms with Crippen LogP contribution in [-0.4, -0.2) is 80.4 Å². The van der Waals surface area contributed by atoms with Crippen LogP contribution in [0.4, 0.5) is 26.3 Å². The summed E-state index contributed by atoms with van der Waals surface area (Å²) < 4.78 is 144.